The molecule has 6 heteroatoms. The summed E-state index contributed by atoms with van der Waals surface area (Å²) >= 11 is 0. The third-order valence-corrected chi connectivity index (χ3v) is 3.67. The van der Waals surface area contributed by atoms with Gasteiger partial charge in [-0.15, -0.1) is 0 Å². The Morgan fingerprint density at radius 1 is 1.04 bits per heavy atom. The lowest BCUT2D eigenvalue weighted by Gasteiger charge is -2.22. The topological polar surface area (TPSA) is 50.4 Å². The zero-order valence-corrected chi connectivity index (χ0v) is 14.2. The third-order valence-electron chi connectivity index (χ3n) is 3.67. The molecule has 134 valence electrons. The Morgan fingerprint density at radius 2 is 1.68 bits per heavy atom. The molecule has 1 atom stereocenters. The molecule has 0 saturated carbocycles. The summed E-state index contributed by atoms with van der Waals surface area (Å²) in [5.41, 5.74) is 1.65. The lowest BCUT2D eigenvalue weighted by Crippen LogP contribution is -2.33. The van der Waals surface area contributed by atoms with Gasteiger partial charge in [0.25, 0.3) is 0 Å². The van der Waals surface area contributed by atoms with E-state index in [1.165, 1.54) is 24.3 Å². The van der Waals surface area contributed by atoms with Gasteiger partial charge in [0.05, 0.1) is 6.54 Å². The molecular weight excluding hydrogens is 326 g/mol. The molecule has 25 heavy (non-hydrogen) atoms. The minimum absolute atomic E-state index is 0.0510. The normalized spacial score (nSPS) is 12.2. The van der Waals surface area contributed by atoms with E-state index in [-0.39, 0.29) is 24.2 Å². The van der Waals surface area contributed by atoms with Gasteiger partial charge in [-0.1, -0.05) is 44.2 Å². The molecule has 0 aliphatic rings. The molecule has 2 aromatic carbocycles. The van der Waals surface area contributed by atoms with Crippen LogP contribution in [-0.2, 0) is 4.79 Å². The minimum atomic E-state index is -2.87. The van der Waals surface area contributed by atoms with Crippen LogP contribution < -0.4 is 15.4 Å². The monoisotopic (exact) mass is 348 g/mol. The second kappa shape index (κ2) is 9.13. The number of nitrogens with one attached hydrogen (secondary N) is 2. The number of anilines is 1. The molecule has 0 fully saturated rings. The molecule has 2 N–H and O–H groups in total. The van der Waals surface area contributed by atoms with E-state index >= 15 is 0 Å². The molecule has 0 bridgehead atoms. The van der Waals surface area contributed by atoms with Crippen LogP contribution in [-0.4, -0.2) is 19.1 Å². The fraction of sp³-hybridized carbons (Fsp3) is 0.316. The standard InChI is InChI=1S/C19H22F2N2O2/c1-13(2)18(14-6-4-3-5-7-14)22-12-17(24)23-15-8-10-16(11-9-15)25-19(20)21/h3-11,13,18-19,22H,12H2,1-2H3,(H,23,24)/t18-/m0/s1. The lowest BCUT2D eigenvalue weighted by atomic mass is 9.96. The van der Waals surface area contributed by atoms with Crippen LogP contribution in [0.3, 0.4) is 0 Å². The van der Waals surface area contributed by atoms with Crippen LogP contribution in [0.15, 0.2) is 54.6 Å². The predicted molar refractivity (Wildman–Crippen MR) is 93.7 cm³/mol. The van der Waals surface area contributed by atoms with Crippen molar-refractivity contribution in [3.63, 3.8) is 0 Å². The number of carbonyl (C=O) groups excluding carboxylic acids is 1. The Balaban J connectivity index is 1.89. The van der Waals surface area contributed by atoms with E-state index in [9.17, 15) is 13.6 Å². The molecule has 4 nitrogen and oxygen atoms in total. The van der Waals surface area contributed by atoms with Crippen molar-refractivity contribution < 1.29 is 18.3 Å². The molecule has 0 aliphatic carbocycles. The number of ether oxygens (including phenoxy) is 1. The van der Waals surface area contributed by atoms with Crippen molar-refractivity contribution >= 4 is 11.6 Å². The van der Waals surface area contributed by atoms with Crippen molar-refractivity contribution in [3.05, 3.63) is 60.2 Å². The van der Waals surface area contributed by atoms with Crippen LogP contribution in [0.4, 0.5) is 14.5 Å². The zero-order valence-electron chi connectivity index (χ0n) is 14.2. The van der Waals surface area contributed by atoms with Gasteiger partial charge < -0.3 is 15.4 Å². The van der Waals surface area contributed by atoms with Crippen LogP contribution in [0.1, 0.15) is 25.5 Å². The summed E-state index contributed by atoms with van der Waals surface area (Å²) < 4.78 is 28.5. The molecule has 0 radical (unpaired) electrons. The number of halogens is 2. The van der Waals surface area contributed by atoms with Gasteiger partial charge in [-0.2, -0.15) is 8.78 Å². The maximum Gasteiger partial charge on any atom is 0.387 e. The summed E-state index contributed by atoms with van der Waals surface area (Å²) in [4.78, 5) is 12.1. The van der Waals surface area contributed by atoms with Crippen molar-refractivity contribution in [2.24, 2.45) is 5.92 Å². The molecule has 0 saturated heterocycles. The molecular formula is C19H22F2N2O2. The highest BCUT2D eigenvalue weighted by atomic mass is 19.3. The second-order valence-corrected chi connectivity index (χ2v) is 5.96. The average molecular weight is 348 g/mol. The fourth-order valence-corrected chi connectivity index (χ4v) is 2.53. The molecule has 0 spiro atoms. The summed E-state index contributed by atoms with van der Waals surface area (Å²) in [5, 5.41) is 5.98. The van der Waals surface area contributed by atoms with E-state index in [4.69, 9.17) is 0 Å². The van der Waals surface area contributed by atoms with Crippen molar-refractivity contribution in [3.8, 4) is 5.75 Å². The van der Waals surface area contributed by atoms with E-state index in [0.29, 0.717) is 11.6 Å². The van der Waals surface area contributed by atoms with Crippen LogP contribution in [0.5, 0.6) is 5.75 Å². The Morgan fingerprint density at radius 3 is 2.24 bits per heavy atom. The number of hydrogen-bond acceptors (Lipinski definition) is 3. The smallest absolute Gasteiger partial charge is 0.387 e. The highest BCUT2D eigenvalue weighted by Crippen LogP contribution is 2.21. The molecule has 2 aromatic rings. The van der Waals surface area contributed by atoms with Crippen molar-refractivity contribution in [2.75, 3.05) is 11.9 Å². The second-order valence-electron chi connectivity index (χ2n) is 5.96. The Hall–Kier alpha value is -2.47. The van der Waals surface area contributed by atoms with Crippen LogP contribution >= 0.6 is 0 Å². The Bertz CT molecular complexity index is 661. The van der Waals surface area contributed by atoms with E-state index in [1.807, 2.05) is 30.3 Å². The molecule has 1 amide bonds. The fourth-order valence-electron chi connectivity index (χ4n) is 2.53. The minimum Gasteiger partial charge on any atom is -0.435 e. The Labute approximate surface area is 146 Å². The van der Waals surface area contributed by atoms with E-state index < -0.39 is 6.61 Å². The van der Waals surface area contributed by atoms with Gasteiger partial charge in [0.15, 0.2) is 0 Å². The summed E-state index contributed by atoms with van der Waals surface area (Å²) in [7, 11) is 0. The Kier molecular flexibility index (Phi) is 6.89. The van der Waals surface area contributed by atoms with Gasteiger partial charge in [-0.05, 0) is 35.7 Å². The maximum absolute atomic E-state index is 12.1. The molecule has 0 unspecified atom stereocenters. The van der Waals surface area contributed by atoms with E-state index in [2.05, 4.69) is 29.2 Å². The van der Waals surface area contributed by atoms with Crippen molar-refractivity contribution in [2.45, 2.75) is 26.5 Å². The first-order valence-electron chi connectivity index (χ1n) is 8.08. The van der Waals surface area contributed by atoms with Crippen molar-refractivity contribution in [1.29, 1.82) is 0 Å². The quantitative estimate of drug-likeness (QED) is 0.751. The van der Waals surface area contributed by atoms with Crippen molar-refractivity contribution in [1.82, 2.24) is 5.32 Å². The van der Waals surface area contributed by atoms with Gasteiger partial charge in [0.2, 0.25) is 5.91 Å². The zero-order chi connectivity index (χ0) is 18.2. The molecule has 0 aromatic heterocycles. The van der Waals surface area contributed by atoms with Crippen LogP contribution in [0, 0.1) is 5.92 Å². The first-order valence-corrected chi connectivity index (χ1v) is 8.08. The van der Waals surface area contributed by atoms with E-state index in [0.717, 1.165) is 5.56 Å². The molecule has 0 heterocycles. The first-order chi connectivity index (χ1) is 12.0. The molecule has 2 rings (SSSR count). The molecule has 0 aliphatic heterocycles. The first kappa shape index (κ1) is 18.9. The number of carbonyl (C=O) groups is 1. The maximum atomic E-state index is 12.1. The number of rotatable bonds is 8. The average Bonchev–Trinajstić information content (AvgIpc) is 2.57. The van der Waals surface area contributed by atoms with Gasteiger partial charge in [-0.25, -0.2) is 0 Å². The number of benzene rings is 2. The highest BCUT2D eigenvalue weighted by molar-refractivity contribution is 5.92. The van der Waals surface area contributed by atoms with Gasteiger partial charge in [0, 0.05) is 11.7 Å². The van der Waals surface area contributed by atoms with Crippen LogP contribution in [0.25, 0.3) is 0 Å². The number of hydrogen-bond donors (Lipinski definition) is 2. The summed E-state index contributed by atoms with van der Waals surface area (Å²) in [6, 6.07) is 15.8. The lowest BCUT2D eigenvalue weighted by molar-refractivity contribution is -0.115. The summed E-state index contributed by atoms with van der Waals surface area (Å²) in [6.07, 6.45) is 0. The van der Waals surface area contributed by atoms with E-state index in [1.54, 1.807) is 0 Å². The summed E-state index contributed by atoms with van der Waals surface area (Å²) in [5.74, 6) is 0.167. The van der Waals surface area contributed by atoms with Gasteiger partial charge in [-0.3, -0.25) is 4.79 Å². The number of alkyl halides is 2. The third kappa shape index (κ3) is 6.15. The summed E-state index contributed by atoms with van der Waals surface area (Å²) in [6.45, 7) is 1.46. The van der Waals surface area contributed by atoms with Gasteiger partial charge in [0.1, 0.15) is 5.75 Å². The van der Waals surface area contributed by atoms with Gasteiger partial charge >= 0.3 is 6.61 Å². The largest absolute Gasteiger partial charge is 0.435 e. The van der Waals surface area contributed by atoms with Crippen LogP contribution in [0.2, 0.25) is 0 Å². The predicted octanol–water partition coefficient (Wildman–Crippen LogP) is 4.21. The highest BCUT2D eigenvalue weighted by Gasteiger charge is 2.16. The SMILES string of the molecule is CC(C)[C@H](NCC(=O)Nc1ccc(OC(F)F)cc1)c1ccccc1. The number of amides is 1.